The molecule has 0 fully saturated rings. The number of halogens is 1. The van der Waals surface area contributed by atoms with Crippen LogP contribution in [0, 0.1) is 6.92 Å². The van der Waals surface area contributed by atoms with Gasteiger partial charge >= 0.3 is 0 Å². The first-order valence-electron chi connectivity index (χ1n) is 5.38. The quantitative estimate of drug-likeness (QED) is 0.661. The average molecular weight is 308 g/mol. The second kappa shape index (κ2) is 5.61. The molecule has 2 aromatic rings. The molecule has 0 radical (unpaired) electrons. The molecule has 2 N–H and O–H groups in total. The summed E-state index contributed by atoms with van der Waals surface area (Å²) in [6.07, 6.45) is 0. The third-order valence-electron chi connectivity index (χ3n) is 2.49. The molecule has 3 heteroatoms. The largest absolute Gasteiger partial charge is 0.398 e. The zero-order chi connectivity index (χ0) is 12.3. The van der Waals surface area contributed by atoms with Crippen molar-refractivity contribution in [2.45, 2.75) is 17.6 Å². The molecule has 0 aliphatic rings. The maximum absolute atomic E-state index is 5.94. The Morgan fingerprint density at radius 2 is 1.82 bits per heavy atom. The van der Waals surface area contributed by atoms with Crippen molar-refractivity contribution in [3.05, 3.63) is 58.1 Å². The van der Waals surface area contributed by atoms with Crippen LogP contribution in [0.5, 0.6) is 0 Å². The van der Waals surface area contributed by atoms with Gasteiger partial charge in [0, 0.05) is 20.8 Å². The van der Waals surface area contributed by atoms with Crippen molar-refractivity contribution in [2.24, 2.45) is 0 Å². The first kappa shape index (κ1) is 12.5. The zero-order valence-electron chi connectivity index (χ0n) is 9.61. The van der Waals surface area contributed by atoms with Crippen LogP contribution in [0.3, 0.4) is 0 Å². The molecule has 17 heavy (non-hydrogen) atoms. The van der Waals surface area contributed by atoms with Crippen LogP contribution >= 0.6 is 27.7 Å². The van der Waals surface area contributed by atoms with Crippen LogP contribution in [0.2, 0.25) is 0 Å². The summed E-state index contributed by atoms with van der Waals surface area (Å²) in [5.41, 5.74) is 9.39. The van der Waals surface area contributed by atoms with Crippen LogP contribution in [0.1, 0.15) is 11.1 Å². The van der Waals surface area contributed by atoms with Crippen molar-refractivity contribution in [1.29, 1.82) is 0 Å². The summed E-state index contributed by atoms with van der Waals surface area (Å²) >= 11 is 5.23. The Hall–Kier alpha value is -0.930. The predicted octanol–water partition coefficient (Wildman–Crippen LogP) is 4.63. The molecule has 0 heterocycles. The second-order valence-electron chi connectivity index (χ2n) is 3.96. The first-order valence-corrected chi connectivity index (χ1v) is 7.16. The number of hydrogen-bond donors (Lipinski definition) is 1. The lowest BCUT2D eigenvalue weighted by molar-refractivity contribution is 1.35. The number of hydrogen-bond acceptors (Lipinski definition) is 2. The molecule has 0 saturated carbocycles. The van der Waals surface area contributed by atoms with Gasteiger partial charge in [-0.25, -0.2) is 0 Å². The Balaban J connectivity index is 2.07. The average Bonchev–Trinajstić information content (AvgIpc) is 2.32. The van der Waals surface area contributed by atoms with Gasteiger partial charge in [-0.15, -0.1) is 11.8 Å². The van der Waals surface area contributed by atoms with Crippen LogP contribution in [0.4, 0.5) is 5.69 Å². The van der Waals surface area contributed by atoms with E-state index in [-0.39, 0.29) is 0 Å². The summed E-state index contributed by atoms with van der Waals surface area (Å²) in [7, 11) is 0. The third kappa shape index (κ3) is 3.51. The van der Waals surface area contributed by atoms with Gasteiger partial charge < -0.3 is 5.73 Å². The van der Waals surface area contributed by atoms with Crippen molar-refractivity contribution in [3.63, 3.8) is 0 Å². The van der Waals surface area contributed by atoms with Crippen LogP contribution in [-0.2, 0) is 5.75 Å². The number of anilines is 1. The lowest BCUT2D eigenvalue weighted by Crippen LogP contribution is -1.89. The topological polar surface area (TPSA) is 26.0 Å². The van der Waals surface area contributed by atoms with Gasteiger partial charge in [-0.1, -0.05) is 45.8 Å². The van der Waals surface area contributed by atoms with E-state index < -0.39 is 0 Å². The van der Waals surface area contributed by atoms with E-state index in [1.165, 1.54) is 11.1 Å². The molecule has 88 valence electrons. The van der Waals surface area contributed by atoms with Crippen molar-refractivity contribution in [2.75, 3.05) is 5.73 Å². The Labute approximate surface area is 115 Å². The van der Waals surface area contributed by atoms with Crippen molar-refractivity contribution in [3.8, 4) is 0 Å². The number of aryl methyl sites for hydroxylation is 1. The summed E-state index contributed by atoms with van der Waals surface area (Å²) in [5.74, 6) is 0.945. The monoisotopic (exact) mass is 307 g/mol. The highest BCUT2D eigenvalue weighted by molar-refractivity contribution is 9.10. The number of rotatable bonds is 3. The van der Waals surface area contributed by atoms with Crippen LogP contribution in [0.25, 0.3) is 0 Å². The van der Waals surface area contributed by atoms with Crippen molar-refractivity contribution in [1.82, 2.24) is 0 Å². The van der Waals surface area contributed by atoms with Crippen molar-refractivity contribution >= 4 is 33.4 Å². The van der Waals surface area contributed by atoms with Crippen LogP contribution < -0.4 is 5.73 Å². The fraction of sp³-hybridized carbons (Fsp3) is 0.143. The van der Waals surface area contributed by atoms with Crippen LogP contribution in [0.15, 0.2) is 51.8 Å². The molecule has 2 rings (SSSR count). The molecule has 0 spiro atoms. The van der Waals surface area contributed by atoms with E-state index in [0.29, 0.717) is 0 Å². The minimum Gasteiger partial charge on any atom is -0.398 e. The van der Waals surface area contributed by atoms with E-state index in [1.807, 2.05) is 12.1 Å². The molecule has 2 aromatic carbocycles. The maximum Gasteiger partial charge on any atom is 0.0453 e. The fourth-order valence-corrected chi connectivity index (χ4v) is 2.95. The smallest absolute Gasteiger partial charge is 0.0453 e. The highest BCUT2D eigenvalue weighted by atomic mass is 79.9. The summed E-state index contributed by atoms with van der Waals surface area (Å²) in [5, 5.41) is 0. The van der Waals surface area contributed by atoms with Gasteiger partial charge in [0.15, 0.2) is 0 Å². The first-order chi connectivity index (χ1) is 8.15. The molecular formula is C14H14BrNS. The van der Waals surface area contributed by atoms with E-state index >= 15 is 0 Å². The number of nitrogen functional groups attached to an aromatic ring is 1. The normalized spacial score (nSPS) is 10.5. The van der Waals surface area contributed by atoms with Crippen molar-refractivity contribution < 1.29 is 0 Å². The number of benzene rings is 2. The van der Waals surface area contributed by atoms with Gasteiger partial charge in [-0.3, -0.25) is 0 Å². The lowest BCUT2D eigenvalue weighted by atomic mass is 10.2. The molecule has 0 aromatic heterocycles. The van der Waals surface area contributed by atoms with E-state index in [2.05, 4.69) is 53.2 Å². The molecule has 1 nitrogen and oxygen atoms in total. The van der Waals surface area contributed by atoms with E-state index in [0.717, 1.165) is 20.8 Å². The zero-order valence-corrected chi connectivity index (χ0v) is 12.0. The molecule has 0 amide bonds. The fourth-order valence-electron chi connectivity index (χ4n) is 1.48. The van der Waals surface area contributed by atoms with E-state index in [4.69, 9.17) is 5.73 Å². The maximum atomic E-state index is 5.94. The van der Waals surface area contributed by atoms with E-state index in [1.54, 1.807) is 11.8 Å². The van der Waals surface area contributed by atoms with Gasteiger partial charge in [-0.2, -0.15) is 0 Å². The molecule has 0 saturated heterocycles. The highest BCUT2D eigenvalue weighted by Gasteiger charge is 2.01. The molecule has 0 bridgehead atoms. The van der Waals surface area contributed by atoms with Gasteiger partial charge in [0.2, 0.25) is 0 Å². The molecule has 0 aliphatic heterocycles. The summed E-state index contributed by atoms with van der Waals surface area (Å²) in [6, 6.07) is 14.6. The molecule has 0 atom stereocenters. The van der Waals surface area contributed by atoms with E-state index in [9.17, 15) is 0 Å². The van der Waals surface area contributed by atoms with Crippen LogP contribution in [-0.4, -0.2) is 0 Å². The SMILES string of the molecule is Cc1ccc(CSc2cc(Br)ccc2N)cc1. The molecular weight excluding hydrogens is 294 g/mol. The predicted molar refractivity (Wildman–Crippen MR) is 79.3 cm³/mol. The van der Waals surface area contributed by atoms with Gasteiger partial charge in [0.05, 0.1) is 0 Å². The minimum atomic E-state index is 0.838. The van der Waals surface area contributed by atoms with Gasteiger partial charge in [0.1, 0.15) is 0 Å². The van der Waals surface area contributed by atoms with Gasteiger partial charge in [-0.05, 0) is 30.7 Å². The lowest BCUT2D eigenvalue weighted by Gasteiger charge is -2.06. The molecule has 0 unspecified atom stereocenters. The standard InChI is InChI=1S/C14H14BrNS/c1-10-2-4-11(5-3-10)9-17-14-8-12(15)6-7-13(14)16/h2-8H,9,16H2,1H3. The summed E-state index contributed by atoms with van der Waals surface area (Å²) in [4.78, 5) is 1.12. The van der Waals surface area contributed by atoms with Gasteiger partial charge in [0.25, 0.3) is 0 Å². The Morgan fingerprint density at radius 1 is 1.12 bits per heavy atom. The summed E-state index contributed by atoms with van der Waals surface area (Å²) < 4.78 is 1.07. The number of thioether (sulfide) groups is 1. The molecule has 0 aliphatic carbocycles. The Bertz CT molecular complexity index is 508. The minimum absolute atomic E-state index is 0.838. The second-order valence-corrected chi connectivity index (χ2v) is 5.89. The highest BCUT2D eigenvalue weighted by Crippen LogP contribution is 2.30. The Kier molecular flexibility index (Phi) is 4.13. The summed E-state index contributed by atoms with van der Waals surface area (Å²) in [6.45, 7) is 2.10. The third-order valence-corrected chi connectivity index (χ3v) is 4.13. The Morgan fingerprint density at radius 3 is 2.53 bits per heavy atom. The number of nitrogens with two attached hydrogens (primary N) is 1.